The second-order valence-corrected chi connectivity index (χ2v) is 6.20. The van der Waals surface area contributed by atoms with Gasteiger partial charge in [0.2, 0.25) is 5.76 Å². The van der Waals surface area contributed by atoms with Gasteiger partial charge in [-0.15, -0.1) is 12.4 Å². The van der Waals surface area contributed by atoms with Gasteiger partial charge in [0.05, 0.1) is 0 Å². The van der Waals surface area contributed by atoms with Crippen LogP contribution in [0.1, 0.15) is 35.4 Å². The van der Waals surface area contributed by atoms with Gasteiger partial charge in [-0.05, 0) is 45.2 Å². The van der Waals surface area contributed by atoms with Gasteiger partial charge in [-0.25, -0.2) is 0 Å². The topological polar surface area (TPSA) is 67.2 Å². The fourth-order valence-corrected chi connectivity index (χ4v) is 2.89. The molecular weight excluding hydrogens is 326 g/mol. The number of rotatable bonds is 5. The Hall–Kier alpha value is -1.85. The molecule has 3 rings (SSSR count). The fourth-order valence-electron chi connectivity index (χ4n) is 2.89. The summed E-state index contributed by atoms with van der Waals surface area (Å²) in [6.45, 7) is 4.87. The van der Waals surface area contributed by atoms with E-state index in [1.165, 1.54) is 18.4 Å². The molecule has 1 aliphatic heterocycles. The van der Waals surface area contributed by atoms with Gasteiger partial charge in [-0.3, -0.25) is 4.79 Å². The minimum atomic E-state index is -0.195. The standard InChI is InChI=1S/C18H23N3O2.ClH/c1-13-4-6-15(7-5-13)16-11-17(23-21-16)18(22)20-10-8-14-3-2-9-19-12-14;/h4-7,11,14,19H,2-3,8-10,12H2,1H3,(H,20,22);1H. The van der Waals surface area contributed by atoms with Crippen LogP contribution in [0, 0.1) is 12.8 Å². The van der Waals surface area contributed by atoms with Crippen LogP contribution < -0.4 is 10.6 Å². The van der Waals surface area contributed by atoms with Crippen LogP contribution in [-0.2, 0) is 0 Å². The number of hydrogen-bond donors (Lipinski definition) is 2. The molecule has 0 spiro atoms. The van der Waals surface area contributed by atoms with E-state index in [1.807, 2.05) is 31.2 Å². The van der Waals surface area contributed by atoms with Gasteiger partial charge in [0.1, 0.15) is 5.69 Å². The number of piperidine rings is 1. The molecule has 1 aliphatic rings. The number of carbonyl (C=O) groups is 1. The van der Waals surface area contributed by atoms with E-state index in [0.717, 1.165) is 25.1 Å². The van der Waals surface area contributed by atoms with Crippen LogP contribution in [0.4, 0.5) is 0 Å². The maximum atomic E-state index is 12.1. The Kier molecular flexibility index (Phi) is 6.82. The minimum absolute atomic E-state index is 0. The Morgan fingerprint density at radius 2 is 2.17 bits per heavy atom. The molecule has 130 valence electrons. The molecule has 1 aromatic heterocycles. The third-order valence-electron chi connectivity index (χ3n) is 4.32. The lowest BCUT2D eigenvalue weighted by molar-refractivity contribution is 0.0914. The summed E-state index contributed by atoms with van der Waals surface area (Å²) in [5.74, 6) is 0.726. The zero-order valence-corrected chi connectivity index (χ0v) is 14.7. The predicted molar refractivity (Wildman–Crippen MR) is 96.5 cm³/mol. The maximum Gasteiger partial charge on any atom is 0.289 e. The Morgan fingerprint density at radius 1 is 1.38 bits per heavy atom. The highest BCUT2D eigenvalue weighted by atomic mass is 35.5. The number of aromatic nitrogens is 1. The van der Waals surface area contributed by atoms with Crippen LogP contribution in [0.15, 0.2) is 34.9 Å². The van der Waals surface area contributed by atoms with Crippen molar-refractivity contribution in [2.45, 2.75) is 26.2 Å². The van der Waals surface area contributed by atoms with Crippen molar-refractivity contribution in [3.05, 3.63) is 41.7 Å². The molecule has 2 heterocycles. The normalized spacial score (nSPS) is 17.1. The molecule has 24 heavy (non-hydrogen) atoms. The summed E-state index contributed by atoms with van der Waals surface area (Å²) in [5, 5.41) is 10.3. The number of aryl methyl sites for hydroxylation is 1. The van der Waals surface area contributed by atoms with Gasteiger partial charge < -0.3 is 15.2 Å². The molecule has 1 amide bonds. The second kappa shape index (κ2) is 8.85. The van der Waals surface area contributed by atoms with E-state index in [9.17, 15) is 4.79 Å². The molecule has 1 saturated heterocycles. The van der Waals surface area contributed by atoms with Crippen LogP contribution in [-0.4, -0.2) is 30.7 Å². The average molecular weight is 350 g/mol. The first kappa shape index (κ1) is 18.5. The van der Waals surface area contributed by atoms with Crippen molar-refractivity contribution < 1.29 is 9.32 Å². The Morgan fingerprint density at radius 3 is 2.88 bits per heavy atom. The summed E-state index contributed by atoms with van der Waals surface area (Å²) in [5.41, 5.74) is 2.82. The second-order valence-electron chi connectivity index (χ2n) is 6.20. The lowest BCUT2D eigenvalue weighted by Gasteiger charge is -2.22. The molecule has 0 saturated carbocycles. The highest BCUT2D eigenvalue weighted by Crippen LogP contribution is 2.19. The van der Waals surface area contributed by atoms with Gasteiger partial charge in [0, 0.05) is 18.2 Å². The lowest BCUT2D eigenvalue weighted by Crippen LogP contribution is -2.33. The molecule has 5 nitrogen and oxygen atoms in total. The molecule has 1 unspecified atom stereocenters. The largest absolute Gasteiger partial charge is 0.350 e. The van der Waals surface area contributed by atoms with Gasteiger partial charge in [-0.1, -0.05) is 35.0 Å². The van der Waals surface area contributed by atoms with Crippen molar-refractivity contribution in [1.82, 2.24) is 15.8 Å². The van der Waals surface area contributed by atoms with Crippen LogP contribution in [0.2, 0.25) is 0 Å². The number of carbonyl (C=O) groups excluding carboxylic acids is 1. The predicted octanol–water partition coefficient (Wildman–Crippen LogP) is 3.19. The van der Waals surface area contributed by atoms with E-state index in [4.69, 9.17) is 4.52 Å². The summed E-state index contributed by atoms with van der Waals surface area (Å²) in [6.07, 6.45) is 3.46. The maximum absolute atomic E-state index is 12.1. The van der Waals surface area contributed by atoms with Gasteiger partial charge in [-0.2, -0.15) is 0 Å². The molecule has 2 N–H and O–H groups in total. The van der Waals surface area contributed by atoms with Crippen molar-refractivity contribution in [2.24, 2.45) is 5.92 Å². The van der Waals surface area contributed by atoms with E-state index >= 15 is 0 Å². The average Bonchev–Trinajstić information content (AvgIpc) is 3.06. The van der Waals surface area contributed by atoms with E-state index in [-0.39, 0.29) is 24.1 Å². The highest BCUT2D eigenvalue weighted by molar-refractivity contribution is 5.92. The van der Waals surface area contributed by atoms with Gasteiger partial charge in [0.25, 0.3) is 5.91 Å². The minimum Gasteiger partial charge on any atom is -0.350 e. The number of hydrogen-bond acceptors (Lipinski definition) is 4. The first-order valence-corrected chi connectivity index (χ1v) is 8.25. The third-order valence-corrected chi connectivity index (χ3v) is 4.32. The molecule has 6 heteroatoms. The highest BCUT2D eigenvalue weighted by Gasteiger charge is 2.16. The number of amides is 1. The van der Waals surface area contributed by atoms with Crippen molar-refractivity contribution >= 4 is 18.3 Å². The molecule has 0 aliphatic carbocycles. The van der Waals surface area contributed by atoms with Crippen molar-refractivity contribution in [1.29, 1.82) is 0 Å². The molecule has 0 radical (unpaired) electrons. The Bertz CT molecular complexity index is 649. The summed E-state index contributed by atoms with van der Waals surface area (Å²) in [4.78, 5) is 12.1. The van der Waals surface area contributed by atoms with Crippen LogP contribution >= 0.6 is 12.4 Å². The first-order valence-electron chi connectivity index (χ1n) is 8.25. The van der Waals surface area contributed by atoms with Crippen molar-refractivity contribution in [3.63, 3.8) is 0 Å². The molecule has 1 fully saturated rings. The summed E-state index contributed by atoms with van der Waals surface area (Å²) in [6, 6.07) is 9.68. The SMILES string of the molecule is Cc1ccc(-c2cc(C(=O)NCCC3CCCNC3)on2)cc1.Cl. The van der Waals surface area contributed by atoms with Gasteiger partial charge in [0.15, 0.2) is 0 Å². The molecular formula is C18H24ClN3O2. The lowest BCUT2D eigenvalue weighted by atomic mass is 9.96. The monoisotopic (exact) mass is 349 g/mol. The van der Waals surface area contributed by atoms with E-state index in [1.54, 1.807) is 6.07 Å². The summed E-state index contributed by atoms with van der Waals surface area (Å²) in [7, 11) is 0. The van der Waals surface area contributed by atoms with Crippen molar-refractivity contribution in [2.75, 3.05) is 19.6 Å². The smallest absolute Gasteiger partial charge is 0.289 e. The zero-order chi connectivity index (χ0) is 16.1. The number of halogens is 1. The van der Waals surface area contributed by atoms with E-state index in [0.29, 0.717) is 18.2 Å². The fraction of sp³-hybridized carbons (Fsp3) is 0.444. The molecule has 2 aromatic rings. The summed E-state index contributed by atoms with van der Waals surface area (Å²) >= 11 is 0. The van der Waals surface area contributed by atoms with Gasteiger partial charge >= 0.3 is 0 Å². The third kappa shape index (κ3) is 4.82. The van der Waals surface area contributed by atoms with Crippen LogP contribution in [0.3, 0.4) is 0 Å². The quantitative estimate of drug-likeness (QED) is 0.870. The Labute approximate surface area is 148 Å². The Balaban J connectivity index is 0.00000208. The van der Waals surface area contributed by atoms with Crippen LogP contribution in [0.5, 0.6) is 0 Å². The molecule has 0 bridgehead atoms. The summed E-state index contributed by atoms with van der Waals surface area (Å²) < 4.78 is 5.18. The van der Waals surface area contributed by atoms with E-state index < -0.39 is 0 Å². The van der Waals surface area contributed by atoms with Crippen molar-refractivity contribution in [3.8, 4) is 11.3 Å². The first-order chi connectivity index (χ1) is 11.2. The number of benzene rings is 1. The zero-order valence-electron chi connectivity index (χ0n) is 13.9. The van der Waals surface area contributed by atoms with E-state index in [2.05, 4.69) is 15.8 Å². The van der Waals surface area contributed by atoms with Crippen LogP contribution in [0.25, 0.3) is 11.3 Å². The number of nitrogens with zero attached hydrogens (tertiary/aromatic N) is 1. The number of nitrogens with one attached hydrogen (secondary N) is 2. The molecule has 1 atom stereocenters. The molecule has 1 aromatic carbocycles.